The van der Waals surface area contributed by atoms with Crippen LogP contribution in [0.3, 0.4) is 0 Å². The number of aliphatic carboxylic acids is 1. The van der Waals surface area contributed by atoms with Gasteiger partial charge in [-0.25, -0.2) is 4.79 Å². The maximum atomic E-state index is 12.1. The molecule has 1 aliphatic rings. The van der Waals surface area contributed by atoms with E-state index < -0.39 is 11.9 Å². The van der Waals surface area contributed by atoms with Crippen LogP contribution < -0.4 is 5.32 Å². The molecule has 122 valence electrons. The lowest BCUT2D eigenvalue weighted by atomic mass is 9.96. The number of carbonyl (C=O) groups is 2. The van der Waals surface area contributed by atoms with Crippen LogP contribution in [0.25, 0.3) is 0 Å². The topological polar surface area (TPSA) is 87.5 Å². The molecule has 0 aliphatic heterocycles. The second-order valence-electron chi connectivity index (χ2n) is 5.98. The van der Waals surface area contributed by atoms with Gasteiger partial charge >= 0.3 is 12.0 Å². The highest BCUT2D eigenvalue weighted by atomic mass is 16.4. The van der Waals surface area contributed by atoms with E-state index in [0.717, 1.165) is 30.7 Å². The first-order chi connectivity index (χ1) is 10.4. The van der Waals surface area contributed by atoms with Gasteiger partial charge in [-0.15, -0.1) is 0 Å². The SMILES string of the molecule is CC(CN(C)C(=O)NCc1c2c(nn1C)CCCC2)C(=O)O. The van der Waals surface area contributed by atoms with Crippen LogP contribution in [-0.2, 0) is 31.2 Å². The van der Waals surface area contributed by atoms with Gasteiger partial charge in [-0.3, -0.25) is 9.48 Å². The summed E-state index contributed by atoms with van der Waals surface area (Å²) in [5.74, 6) is -1.49. The van der Waals surface area contributed by atoms with Crippen molar-refractivity contribution < 1.29 is 14.7 Å². The zero-order valence-electron chi connectivity index (χ0n) is 13.4. The third kappa shape index (κ3) is 3.58. The second-order valence-corrected chi connectivity index (χ2v) is 5.98. The molecule has 2 rings (SSSR count). The number of hydrogen-bond donors (Lipinski definition) is 2. The first kappa shape index (κ1) is 16.3. The molecule has 0 fully saturated rings. The monoisotopic (exact) mass is 308 g/mol. The summed E-state index contributed by atoms with van der Waals surface area (Å²) in [6.45, 7) is 2.19. The Bertz CT molecular complexity index is 567. The minimum atomic E-state index is -0.902. The quantitative estimate of drug-likeness (QED) is 0.854. The molecule has 1 atom stereocenters. The van der Waals surface area contributed by atoms with Crippen molar-refractivity contribution in [2.24, 2.45) is 13.0 Å². The number of nitrogens with zero attached hydrogens (tertiary/aromatic N) is 3. The van der Waals surface area contributed by atoms with Gasteiger partial charge in [0, 0.05) is 20.6 Å². The Kier molecular flexibility index (Phi) is 5.05. The smallest absolute Gasteiger partial charge is 0.317 e. The number of carboxylic acids is 1. The highest BCUT2D eigenvalue weighted by molar-refractivity contribution is 5.75. The van der Waals surface area contributed by atoms with Crippen molar-refractivity contribution >= 4 is 12.0 Å². The van der Waals surface area contributed by atoms with Crippen LogP contribution in [0.1, 0.15) is 36.7 Å². The summed E-state index contributed by atoms with van der Waals surface area (Å²) in [6, 6.07) is -0.265. The van der Waals surface area contributed by atoms with Crippen LogP contribution in [0.15, 0.2) is 0 Å². The maximum Gasteiger partial charge on any atom is 0.317 e. The highest BCUT2D eigenvalue weighted by Gasteiger charge is 2.21. The number of carbonyl (C=O) groups excluding carboxylic acids is 1. The molecule has 22 heavy (non-hydrogen) atoms. The fraction of sp³-hybridized carbons (Fsp3) is 0.667. The molecule has 7 nitrogen and oxygen atoms in total. The van der Waals surface area contributed by atoms with Crippen LogP contribution in [0.5, 0.6) is 0 Å². The Morgan fingerprint density at radius 3 is 2.77 bits per heavy atom. The number of urea groups is 1. The van der Waals surface area contributed by atoms with Crippen LogP contribution in [0.2, 0.25) is 0 Å². The first-order valence-corrected chi connectivity index (χ1v) is 7.65. The molecule has 1 aromatic heterocycles. The van der Waals surface area contributed by atoms with Gasteiger partial charge in [-0.05, 0) is 31.2 Å². The molecular formula is C15H24N4O3. The third-order valence-corrected chi connectivity index (χ3v) is 4.17. The molecule has 1 aromatic rings. The van der Waals surface area contributed by atoms with Crippen LogP contribution >= 0.6 is 0 Å². The van der Waals surface area contributed by atoms with Gasteiger partial charge in [0.25, 0.3) is 0 Å². The van der Waals surface area contributed by atoms with E-state index in [-0.39, 0.29) is 12.6 Å². The van der Waals surface area contributed by atoms with Gasteiger partial charge in [-0.1, -0.05) is 6.92 Å². The summed E-state index contributed by atoms with van der Waals surface area (Å²) in [5.41, 5.74) is 3.45. The molecule has 1 aliphatic carbocycles. The highest BCUT2D eigenvalue weighted by Crippen LogP contribution is 2.23. The molecule has 0 radical (unpaired) electrons. The minimum Gasteiger partial charge on any atom is -0.481 e. The van der Waals surface area contributed by atoms with E-state index >= 15 is 0 Å². The van der Waals surface area contributed by atoms with Gasteiger partial charge < -0.3 is 15.3 Å². The molecule has 1 heterocycles. The average Bonchev–Trinajstić information content (AvgIpc) is 2.79. The summed E-state index contributed by atoms with van der Waals surface area (Å²) >= 11 is 0. The van der Waals surface area contributed by atoms with Crippen LogP contribution in [0.4, 0.5) is 4.79 Å². The van der Waals surface area contributed by atoms with Gasteiger partial charge in [0.15, 0.2) is 0 Å². The van der Waals surface area contributed by atoms with E-state index in [0.29, 0.717) is 6.54 Å². The van der Waals surface area contributed by atoms with Gasteiger partial charge in [0.1, 0.15) is 0 Å². The Balaban J connectivity index is 1.94. The molecule has 0 bridgehead atoms. The molecule has 1 unspecified atom stereocenters. The molecule has 0 aromatic carbocycles. The van der Waals surface area contributed by atoms with Crippen molar-refractivity contribution in [2.45, 2.75) is 39.2 Å². The predicted octanol–water partition coefficient (Wildman–Crippen LogP) is 1.16. The Labute approximate surface area is 130 Å². The molecule has 2 N–H and O–H groups in total. The van der Waals surface area contributed by atoms with Crippen LogP contribution in [-0.4, -0.2) is 45.4 Å². The zero-order chi connectivity index (χ0) is 16.3. The number of aromatic nitrogens is 2. The summed E-state index contributed by atoms with van der Waals surface area (Å²) < 4.78 is 1.84. The summed E-state index contributed by atoms with van der Waals surface area (Å²) in [4.78, 5) is 24.3. The number of fused-ring (bicyclic) bond motifs is 1. The summed E-state index contributed by atoms with van der Waals surface area (Å²) in [6.07, 6.45) is 4.36. The lowest BCUT2D eigenvalue weighted by Gasteiger charge is -2.20. The van der Waals surface area contributed by atoms with Gasteiger partial charge in [0.2, 0.25) is 0 Å². The van der Waals surface area contributed by atoms with E-state index in [1.807, 2.05) is 11.7 Å². The Morgan fingerprint density at radius 2 is 2.09 bits per heavy atom. The number of nitrogens with one attached hydrogen (secondary N) is 1. The number of amides is 2. The normalized spacial score (nSPS) is 15.0. The van der Waals surface area contributed by atoms with E-state index in [4.69, 9.17) is 5.11 Å². The van der Waals surface area contributed by atoms with E-state index in [1.54, 1.807) is 14.0 Å². The van der Waals surface area contributed by atoms with Crippen molar-refractivity contribution in [2.75, 3.05) is 13.6 Å². The largest absolute Gasteiger partial charge is 0.481 e. The van der Waals surface area contributed by atoms with E-state index in [2.05, 4.69) is 10.4 Å². The molecule has 0 spiro atoms. The third-order valence-electron chi connectivity index (χ3n) is 4.17. The van der Waals surface area contributed by atoms with Crippen molar-refractivity contribution in [3.8, 4) is 0 Å². The van der Waals surface area contributed by atoms with E-state index in [9.17, 15) is 9.59 Å². The molecule has 0 saturated heterocycles. The van der Waals surface area contributed by atoms with Gasteiger partial charge in [0.05, 0.1) is 23.9 Å². The fourth-order valence-corrected chi connectivity index (χ4v) is 2.83. The number of hydrogen-bond acceptors (Lipinski definition) is 3. The van der Waals surface area contributed by atoms with E-state index in [1.165, 1.54) is 16.9 Å². The molecule has 0 saturated carbocycles. The fourth-order valence-electron chi connectivity index (χ4n) is 2.83. The lowest BCUT2D eigenvalue weighted by Crippen LogP contribution is -2.40. The first-order valence-electron chi connectivity index (χ1n) is 7.65. The average molecular weight is 308 g/mol. The number of aryl methyl sites for hydroxylation is 2. The number of rotatable bonds is 5. The lowest BCUT2D eigenvalue weighted by molar-refractivity contribution is -0.141. The zero-order valence-corrected chi connectivity index (χ0v) is 13.4. The van der Waals surface area contributed by atoms with Crippen molar-refractivity contribution in [3.63, 3.8) is 0 Å². The number of carboxylic acid groups (broad SMARTS) is 1. The maximum absolute atomic E-state index is 12.1. The minimum absolute atomic E-state index is 0.185. The predicted molar refractivity (Wildman–Crippen MR) is 81.5 cm³/mol. The molecule has 2 amide bonds. The molecule has 7 heteroatoms. The summed E-state index contributed by atoms with van der Waals surface area (Å²) in [5, 5.41) is 16.3. The van der Waals surface area contributed by atoms with Crippen molar-refractivity contribution in [1.29, 1.82) is 0 Å². The summed E-state index contributed by atoms with van der Waals surface area (Å²) in [7, 11) is 3.50. The Hall–Kier alpha value is -2.05. The van der Waals surface area contributed by atoms with Crippen LogP contribution in [0, 0.1) is 5.92 Å². The molecular weight excluding hydrogens is 284 g/mol. The Morgan fingerprint density at radius 1 is 1.41 bits per heavy atom. The second kappa shape index (κ2) is 6.81. The van der Waals surface area contributed by atoms with Gasteiger partial charge in [-0.2, -0.15) is 5.10 Å². The van der Waals surface area contributed by atoms with Crippen molar-refractivity contribution in [3.05, 3.63) is 17.0 Å². The standard InChI is InChI=1S/C15H24N4O3/c1-10(14(20)21)9-18(2)15(22)16-8-13-11-6-4-5-7-12(11)17-19(13)3/h10H,4-9H2,1-3H3,(H,16,22)(H,20,21). The van der Waals surface area contributed by atoms with Crippen molar-refractivity contribution in [1.82, 2.24) is 20.0 Å².